The molecule has 7 heteroatoms. The Labute approximate surface area is 258 Å². The van der Waals surface area contributed by atoms with Crippen LogP contribution in [0.2, 0.25) is 5.02 Å². The first-order valence-electron chi connectivity index (χ1n) is 14.9. The van der Waals surface area contributed by atoms with Crippen LogP contribution in [0.25, 0.3) is 0 Å². The highest BCUT2D eigenvalue weighted by atomic mass is 35.5. The average molecular weight is 609 g/mol. The first-order valence-corrected chi connectivity index (χ1v) is 15.3. The fourth-order valence-corrected chi connectivity index (χ4v) is 5.67. The minimum atomic E-state index is -4.51. The van der Waals surface area contributed by atoms with Crippen molar-refractivity contribution in [2.75, 3.05) is 25.0 Å². The quantitative estimate of drug-likeness (QED) is 0.136. The van der Waals surface area contributed by atoms with Gasteiger partial charge in [0.15, 0.2) is 0 Å². The van der Waals surface area contributed by atoms with Gasteiger partial charge in [-0.15, -0.1) is 0 Å². The van der Waals surface area contributed by atoms with E-state index in [0.29, 0.717) is 37.7 Å². The molecule has 0 aliphatic heterocycles. The largest absolute Gasteiger partial charge is 0.493 e. The number of anilines is 1. The SMILES string of the molecule is CCCC(C)Nc1cccc(OCCCN(Cc2cccc(C(F)(F)F)c2Cl)CC(c2ccccc2)c2ccccc2)c1. The molecule has 0 aliphatic carbocycles. The van der Waals surface area contributed by atoms with Gasteiger partial charge < -0.3 is 10.1 Å². The van der Waals surface area contributed by atoms with Gasteiger partial charge in [-0.3, -0.25) is 4.90 Å². The summed E-state index contributed by atoms with van der Waals surface area (Å²) >= 11 is 6.34. The lowest BCUT2D eigenvalue weighted by molar-refractivity contribution is -0.137. The van der Waals surface area contributed by atoms with Gasteiger partial charge >= 0.3 is 6.18 Å². The Morgan fingerprint density at radius 1 is 0.860 bits per heavy atom. The minimum Gasteiger partial charge on any atom is -0.493 e. The second kappa shape index (κ2) is 15.8. The average Bonchev–Trinajstić information content (AvgIpc) is 2.99. The topological polar surface area (TPSA) is 24.5 Å². The maximum Gasteiger partial charge on any atom is 0.417 e. The summed E-state index contributed by atoms with van der Waals surface area (Å²) in [6, 6.07) is 32.9. The molecule has 0 bridgehead atoms. The number of alkyl halides is 3. The molecule has 1 N–H and O–H groups in total. The smallest absolute Gasteiger partial charge is 0.417 e. The highest BCUT2D eigenvalue weighted by Crippen LogP contribution is 2.37. The zero-order chi connectivity index (χ0) is 30.7. The molecule has 3 nitrogen and oxygen atoms in total. The highest BCUT2D eigenvalue weighted by molar-refractivity contribution is 6.32. The van der Waals surface area contributed by atoms with Crippen molar-refractivity contribution in [2.24, 2.45) is 0 Å². The second-order valence-electron chi connectivity index (χ2n) is 10.9. The molecule has 4 aromatic carbocycles. The Kier molecular flexibility index (Phi) is 11.9. The molecule has 0 saturated heterocycles. The summed E-state index contributed by atoms with van der Waals surface area (Å²) < 4.78 is 47.0. The number of rotatable bonds is 15. The Hall–Kier alpha value is -3.48. The molecule has 4 aromatic rings. The van der Waals surface area contributed by atoms with Crippen LogP contribution in [0.1, 0.15) is 61.3 Å². The summed E-state index contributed by atoms with van der Waals surface area (Å²) in [6.07, 6.45) is -1.62. The highest BCUT2D eigenvalue weighted by Gasteiger charge is 2.34. The van der Waals surface area contributed by atoms with Gasteiger partial charge in [0.05, 0.1) is 17.2 Å². The molecular formula is C36H40ClF3N2O. The van der Waals surface area contributed by atoms with Gasteiger partial charge in [-0.1, -0.05) is 104 Å². The van der Waals surface area contributed by atoms with Gasteiger partial charge in [-0.25, -0.2) is 0 Å². The number of hydrogen-bond acceptors (Lipinski definition) is 3. The van der Waals surface area contributed by atoms with E-state index in [1.807, 2.05) is 60.7 Å². The maximum absolute atomic E-state index is 13.6. The van der Waals surface area contributed by atoms with Gasteiger partial charge in [0.1, 0.15) is 5.75 Å². The van der Waals surface area contributed by atoms with Crippen LogP contribution in [-0.4, -0.2) is 30.6 Å². The van der Waals surface area contributed by atoms with Gasteiger partial charge in [0.2, 0.25) is 0 Å². The molecule has 1 atom stereocenters. The molecule has 43 heavy (non-hydrogen) atoms. The number of benzene rings is 4. The predicted molar refractivity (Wildman–Crippen MR) is 171 cm³/mol. The lowest BCUT2D eigenvalue weighted by atomic mass is 9.90. The summed E-state index contributed by atoms with van der Waals surface area (Å²) in [7, 11) is 0. The van der Waals surface area contributed by atoms with Gasteiger partial charge in [0, 0.05) is 43.3 Å². The monoisotopic (exact) mass is 608 g/mol. The van der Waals surface area contributed by atoms with Crippen LogP contribution >= 0.6 is 11.6 Å². The van der Waals surface area contributed by atoms with E-state index >= 15 is 0 Å². The van der Waals surface area contributed by atoms with E-state index in [-0.39, 0.29) is 17.5 Å². The van der Waals surface area contributed by atoms with Crippen molar-refractivity contribution >= 4 is 17.3 Å². The van der Waals surface area contributed by atoms with E-state index in [2.05, 4.69) is 48.3 Å². The first-order chi connectivity index (χ1) is 20.7. The molecule has 228 valence electrons. The van der Waals surface area contributed by atoms with Crippen LogP contribution in [0.5, 0.6) is 5.75 Å². The summed E-state index contributed by atoms with van der Waals surface area (Å²) in [5.41, 5.74) is 2.96. The lowest BCUT2D eigenvalue weighted by Gasteiger charge is -2.29. The van der Waals surface area contributed by atoms with E-state index in [0.717, 1.165) is 41.5 Å². The van der Waals surface area contributed by atoms with E-state index in [9.17, 15) is 13.2 Å². The van der Waals surface area contributed by atoms with E-state index in [4.69, 9.17) is 16.3 Å². The number of halogens is 4. The standard InChI is InChI=1S/C36H40ClF3N2O/c1-3-13-27(2)41-31-19-11-20-32(24-31)43-23-12-22-42(25-30-18-10-21-34(35(30)37)36(38,39)40)26-33(28-14-6-4-7-15-28)29-16-8-5-9-17-29/h4-11,14-21,24,27,33,41H,3,12-13,22-23,25-26H2,1-2H3. The van der Waals surface area contributed by atoms with Crippen molar-refractivity contribution < 1.29 is 17.9 Å². The number of nitrogens with one attached hydrogen (secondary N) is 1. The lowest BCUT2D eigenvalue weighted by Crippen LogP contribution is -2.31. The van der Waals surface area contributed by atoms with Crippen LogP contribution in [0.4, 0.5) is 18.9 Å². The number of nitrogens with zero attached hydrogens (tertiary/aromatic N) is 1. The van der Waals surface area contributed by atoms with Gasteiger partial charge in [-0.2, -0.15) is 13.2 Å². The van der Waals surface area contributed by atoms with Crippen LogP contribution in [0, 0.1) is 0 Å². The van der Waals surface area contributed by atoms with Crippen LogP contribution in [0.15, 0.2) is 103 Å². The maximum atomic E-state index is 13.6. The third kappa shape index (κ3) is 9.77. The zero-order valence-electron chi connectivity index (χ0n) is 24.8. The fourth-order valence-electron chi connectivity index (χ4n) is 5.37. The molecule has 1 unspecified atom stereocenters. The predicted octanol–water partition coefficient (Wildman–Crippen LogP) is 10.1. The Morgan fingerprint density at radius 2 is 1.51 bits per heavy atom. The summed E-state index contributed by atoms with van der Waals surface area (Å²) in [5.74, 6) is 0.813. The van der Waals surface area contributed by atoms with Crippen molar-refractivity contribution in [1.29, 1.82) is 0 Å². The van der Waals surface area contributed by atoms with E-state index in [1.54, 1.807) is 6.07 Å². The van der Waals surface area contributed by atoms with Crippen molar-refractivity contribution in [3.05, 3.63) is 130 Å². The molecule has 4 rings (SSSR count). The molecule has 0 amide bonds. The van der Waals surface area contributed by atoms with Crippen molar-refractivity contribution in [3.63, 3.8) is 0 Å². The Morgan fingerprint density at radius 3 is 2.14 bits per heavy atom. The molecule has 0 fully saturated rings. The van der Waals surface area contributed by atoms with Crippen LogP contribution in [-0.2, 0) is 12.7 Å². The molecule has 0 aromatic heterocycles. The fraction of sp³-hybridized carbons (Fsp3) is 0.333. The summed E-state index contributed by atoms with van der Waals surface area (Å²) in [4.78, 5) is 2.18. The zero-order valence-corrected chi connectivity index (χ0v) is 25.5. The minimum absolute atomic E-state index is 0.0285. The Bertz CT molecular complexity index is 1360. The third-order valence-corrected chi connectivity index (χ3v) is 7.93. The Balaban J connectivity index is 1.51. The van der Waals surface area contributed by atoms with Crippen molar-refractivity contribution in [1.82, 2.24) is 4.90 Å². The molecular weight excluding hydrogens is 569 g/mol. The van der Waals surface area contributed by atoms with Crippen molar-refractivity contribution in [2.45, 2.75) is 57.8 Å². The molecule has 0 heterocycles. The van der Waals surface area contributed by atoms with Gasteiger partial charge in [-0.05, 0) is 54.7 Å². The first kappa shape index (κ1) is 32.4. The molecule has 0 spiro atoms. The molecule has 0 aliphatic rings. The van der Waals surface area contributed by atoms with Gasteiger partial charge in [0.25, 0.3) is 0 Å². The number of hydrogen-bond donors (Lipinski definition) is 1. The number of ether oxygens (including phenoxy) is 1. The van der Waals surface area contributed by atoms with Crippen LogP contribution in [0.3, 0.4) is 0 Å². The molecule has 0 saturated carbocycles. The summed E-state index contributed by atoms with van der Waals surface area (Å²) in [6.45, 7) is 6.32. The van der Waals surface area contributed by atoms with Crippen molar-refractivity contribution in [3.8, 4) is 5.75 Å². The molecule has 0 radical (unpaired) electrons. The van der Waals surface area contributed by atoms with E-state index in [1.165, 1.54) is 6.07 Å². The van der Waals surface area contributed by atoms with E-state index < -0.39 is 11.7 Å². The second-order valence-corrected chi connectivity index (χ2v) is 11.3. The normalized spacial score (nSPS) is 12.5. The summed E-state index contributed by atoms with van der Waals surface area (Å²) in [5, 5.41) is 3.27. The third-order valence-electron chi connectivity index (χ3n) is 7.48. The van der Waals surface area contributed by atoms with Crippen LogP contribution < -0.4 is 10.1 Å².